The number of carboxylic acid groups (broad SMARTS) is 2. The summed E-state index contributed by atoms with van der Waals surface area (Å²) in [5.74, 6) is -2.50. The molecule has 0 rings (SSSR count). The lowest BCUT2D eigenvalue weighted by Gasteiger charge is -2.35. The van der Waals surface area contributed by atoms with Crippen molar-refractivity contribution in [1.82, 2.24) is 0 Å². The number of hydrogen-bond donors (Lipinski definition) is 0. The first-order valence-corrected chi connectivity index (χ1v) is 9.89. The van der Waals surface area contributed by atoms with Crippen molar-refractivity contribution in [3.05, 3.63) is 0 Å². The van der Waals surface area contributed by atoms with Crippen LogP contribution in [0.1, 0.15) is 110 Å². The summed E-state index contributed by atoms with van der Waals surface area (Å²) in [5, 5.41) is 22.8. The molecule has 0 aliphatic rings. The average molecular weight is 341 g/mol. The van der Waals surface area contributed by atoms with Gasteiger partial charge in [0.2, 0.25) is 0 Å². The van der Waals surface area contributed by atoms with Gasteiger partial charge >= 0.3 is 0 Å². The molecule has 0 fully saturated rings. The van der Waals surface area contributed by atoms with E-state index in [2.05, 4.69) is 13.8 Å². The van der Waals surface area contributed by atoms with Crippen molar-refractivity contribution in [2.24, 2.45) is 5.41 Å². The van der Waals surface area contributed by atoms with Gasteiger partial charge in [0.25, 0.3) is 0 Å². The fourth-order valence-electron chi connectivity index (χ4n) is 3.34. The van der Waals surface area contributed by atoms with Crippen LogP contribution in [-0.4, -0.2) is 11.9 Å². The van der Waals surface area contributed by atoms with Crippen molar-refractivity contribution < 1.29 is 19.8 Å². The van der Waals surface area contributed by atoms with Gasteiger partial charge in [0.15, 0.2) is 0 Å². The molecule has 4 nitrogen and oxygen atoms in total. The number of carbonyl (C=O) groups excluding carboxylic acids is 2. The van der Waals surface area contributed by atoms with Crippen LogP contribution in [0.25, 0.3) is 0 Å². The summed E-state index contributed by atoms with van der Waals surface area (Å²) in [6.07, 6.45) is 13.0. The smallest absolute Gasteiger partial charge is 0.0479 e. The third-order valence-corrected chi connectivity index (χ3v) is 4.93. The van der Waals surface area contributed by atoms with Crippen LogP contribution >= 0.6 is 0 Å². The zero-order valence-electron chi connectivity index (χ0n) is 15.7. The fraction of sp³-hybridized carbons (Fsp3) is 0.900. The second kappa shape index (κ2) is 14.3. The number of carbonyl (C=O) groups is 2. The Morgan fingerprint density at radius 3 is 1.38 bits per heavy atom. The molecule has 0 aliphatic heterocycles. The van der Waals surface area contributed by atoms with E-state index >= 15 is 0 Å². The van der Waals surface area contributed by atoms with Gasteiger partial charge in [-0.25, -0.2) is 0 Å². The molecule has 0 amide bonds. The highest BCUT2D eigenvalue weighted by Gasteiger charge is 2.31. The van der Waals surface area contributed by atoms with E-state index in [0.717, 1.165) is 51.4 Å². The maximum absolute atomic E-state index is 11.7. The van der Waals surface area contributed by atoms with Crippen LogP contribution in [0, 0.1) is 5.41 Å². The number of rotatable bonds is 17. The Labute approximate surface area is 148 Å². The molecule has 4 heteroatoms. The van der Waals surface area contributed by atoms with E-state index in [0.29, 0.717) is 12.8 Å². The number of hydrogen-bond acceptors (Lipinski definition) is 4. The van der Waals surface area contributed by atoms with Gasteiger partial charge < -0.3 is 19.8 Å². The molecule has 0 saturated heterocycles. The lowest BCUT2D eigenvalue weighted by molar-refractivity contribution is -0.329. The molecular weight excluding hydrogens is 304 g/mol. The quantitative estimate of drug-likeness (QED) is 0.380. The van der Waals surface area contributed by atoms with E-state index in [1.165, 1.54) is 25.7 Å². The highest BCUT2D eigenvalue weighted by atomic mass is 16.4. The Balaban J connectivity index is 4.41. The van der Waals surface area contributed by atoms with Gasteiger partial charge in [-0.15, -0.1) is 0 Å². The zero-order chi connectivity index (χ0) is 18.3. The first kappa shape index (κ1) is 22.9. The summed E-state index contributed by atoms with van der Waals surface area (Å²) in [7, 11) is 0. The van der Waals surface area contributed by atoms with Crippen molar-refractivity contribution in [1.29, 1.82) is 0 Å². The standard InChI is InChI=1S/C20H38O4/c1-3-5-7-9-11-13-15-20(19(23)24,17-18(21)22)16-14-12-10-8-6-4-2/h3-17H2,1-2H3,(H,21,22)(H,23,24)/p-2. The average Bonchev–Trinajstić information content (AvgIpc) is 2.53. The van der Waals surface area contributed by atoms with Crippen LogP contribution in [0.2, 0.25) is 0 Å². The number of carboxylic acids is 2. The van der Waals surface area contributed by atoms with Crippen molar-refractivity contribution in [3.8, 4) is 0 Å². The van der Waals surface area contributed by atoms with E-state index in [4.69, 9.17) is 0 Å². The fourth-order valence-corrected chi connectivity index (χ4v) is 3.34. The van der Waals surface area contributed by atoms with Crippen LogP contribution in [0.5, 0.6) is 0 Å². The minimum atomic E-state index is -1.28. The molecule has 0 aromatic carbocycles. The Morgan fingerprint density at radius 2 is 1.04 bits per heavy atom. The maximum Gasteiger partial charge on any atom is 0.0479 e. The molecule has 0 bridgehead atoms. The number of aliphatic carboxylic acids is 2. The summed E-state index contributed by atoms with van der Waals surface area (Å²) in [6, 6.07) is 0. The minimum absolute atomic E-state index is 0.393. The topological polar surface area (TPSA) is 80.3 Å². The third kappa shape index (κ3) is 10.7. The molecule has 0 unspecified atom stereocenters. The Morgan fingerprint density at radius 1 is 0.667 bits per heavy atom. The molecule has 0 radical (unpaired) electrons. The summed E-state index contributed by atoms with van der Waals surface area (Å²) in [5.41, 5.74) is -1.24. The van der Waals surface area contributed by atoms with Gasteiger partial charge in [0.1, 0.15) is 0 Å². The van der Waals surface area contributed by atoms with E-state index in [-0.39, 0.29) is 0 Å². The summed E-state index contributed by atoms with van der Waals surface area (Å²) in [4.78, 5) is 22.8. The second-order valence-corrected chi connectivity index (χ2v) is 7.15. The first-order valence-electron chi connectivity index (χ1n) is 9.89. The van der Waals surface area contributed by atoms with Gasteiger partial charge in [0, 0.05) is 17.4 Å². The molecule has 0 aliphatic carbocycles. The monoisotopic (exact) mass is 340 g/mol. The highest BCUT2D eigenvalue weighted by Crippen LogP contribution is 2.35. The van der Waals surface area contributed by atoms with Crippen LogP contribution < -0.4 is 10.2 Å². The molecule has 0 atom stereocenters. The van der Waals surface area contributed by atoms with Crippen LogP contribution in [-0.2, 0) is 9.59 Å². The SMILES string of the molecule is CCCCCCCCC(CCCCCCCC)(CC(=O)[O-])C(=O)[O-]. The number of unbranched alkanes of at least 4 members (excludes halogenated alkanes) is 10. The van der Waals surface area contributed by atoms with Crippen LogP contribution in [0.4, 0.5) is 0 Å². The molecule has 0 aromatic rings. The van der Waals surface area contributed by atoms with Crippen molar-refractivity contribution >= 4 is 11.9 Å². The third-order valence-electron chi connectivity index (χ3n) is 4.93. The summed E-state index contributed by atoms with van der Waals surface area (Å²) in [6.45, 7) is 4.31. The molecule has 0 aromatic heterocycles. The summed E-state index contributed by atoms with van der Waals surface area (Å²) < 4.78 is 0. The van der Waals surface area contributed by atoms with E-state index < -0.39 is 23.8 Å². The highest BCUT2D eigenvalue weighted by molar-refractivity contribution is 5.79. The molecule has 0 spiro atoms. The van der Waals surface area contributed by atoms with E-state index in [1.54, 1.807) is 0 Å². The Bertz CT molecular complexity index is 323. The van der Waals surface area contributed by atoms with Gasteiger partial charge in [-0.05, 0) is 19.3 Å². The minimum Gasteiger partial charge on any atom is -0.550 e. The van der Waals surface area contributed by atoms with Gasteiger partial charge in [-0.3, -0.25) is 0 Å². The lowest BCUT2D eigenvalue weighted by Crippen LogP contribution is -2.46. The Hall–Kier alpha value is -1.06. The maximum atomic E-state index is 11.7. The van der Waals surface area contributed by atoms with Gasteiger partial charge in [0.05, 0.1) is 0 Å². The zero-order valence-corrected chi connectivity index (χ0v) is 15.7. The molecular formula is C20H36O4-2. The molecule has 0 heterocycles. The van der Waals surface area contributed by atoms with E-state index in [1.807, 2.05) is 0 Å². The van der Waals surface area contributed by atoms with Gasteiger partial charge in [-0.1, -0.05) is 90.9 Å². The summed E-state index contributed by atoms with van der Waals surface area (Å²) >= 11 is 0. The molecule has 0 saturated carbocycles. The van der Waals surface area contributed by atoms with Crippen molar-refractivity contribution in [3.63, 3.8) is 0 Å². The van der Waals surface area contributed by atoms with Crippen LogP contribution in [0.15, 0.2) is 0 Å². The second-order valence-electron chi connectivity index (χ2n) is 7.15. The van der Waals surface area contributed by atoms with Crippen LogP contribution in [0.3, 0.4) is 0 Å². The Kier molecular flexibility index (Phi) is 13.7. The molecule has 142 valence electrons. The molecule has 0 N–H and O–H groups in total. The van der Waals surface area contributed by atoms with Gasteiger partial charge in [-0.2, -0.15) is 0 Å². The predicted octanol–water partition coefficient (Wildman–Crippen LogP) is 3.36. The predicted molar refractivity (Wildman–Crippen MR) is 93.1 cm³/mol. The largest absolute Gasteiger partial charge is 0.550 e. The van der Waals surface area contributed by atoms with E-state index in [9.17, 15) is 19.8 Å². The normalized spacial score (nSPS) is 11.6. The first-order chi connectivity index (χ1) is 11.5. The molecule has 24 heavy (non-hydrogen) atoms. The van der Waals surface area contributed by atoms with Crippen molar-refractivity contribution in [2.45, 2.75) is 110 Å². The lowest BCUT2D eigenvalue weighted by atomic mass is 9.75. The van der Waals surface area contributed by atoms with Crippen molar-refractivity contribution in [2.75, 3.05) is 0 Å².